The molecule has 1 aromatic rings. The first-order valence-electron chi connectivity index (χ1n) is 3.82. The molecule has 0 radical (unpaired) electrons. The van der Waals surface area contributed by atoms with E-state index < -0.39 is 0 Å². The molecule has 0 saturated carbocycles. The first-order valence-corrected chi connectivity index (χ1v) is 3.82. The Kier molecular flexibility index (Phi) is 2.68. The minimum atomic E-state index is 0.610. The Balaban J connectivity index is 2.79. The van der Waals surface area contributed by atoms with Crippen molar-refractivity contribution in [1.29, 1.82) is 0 Å². The molecule has 0 aliphatic rings. The van der Waals surface area contributed by atoms with Crippen LogP contribution in [0.25, 0.3) is 0 Å². The number of aryl methyl sites for hydroxylation is 1. The van der Waals surface area contributed by atoms with Crippen molar-refractivity contribution in [3.8, 4) is 0 Å². The van der Waals surface area contributed by atoms with Crippen molar-refractivity contribution in [3.05, 3.63) is 23.5 Å². The van der Waals surface area contributed by atoms with E-state index in [4.69, 9.17) is 11.5 Å². The summed E-state index contributed by atoms with van der Waals surface area (Å²) in [5, 5.41) is 0. The molecule has 1 rings (SSSR count). The van der Waals surface area contributed by atoms with Crippen LogP contribution in [0.1, 0.15) is 11.3 Å². The lowest BCUT2D eigenvalue weighted by atomic mass is 10.2. The van der Waals surface area contributed by atoms with E-state index in [2.05, 4.69) is 10.6 Å². The molecule has 0 fully saturated rings. The molecule has 1 aromatic heterocycles. The summed E-state index contributed by atoms with van der Waals surface area (Å²) in [7, 11) is 2.02. The maximum atomic E-state index is 5.48. The topological polar surface area (TPSA) is 57.0 Å². The van der Waals surface area contributed by atoms with Crippen molar-refractivity contribution in [2.45, 2.75) is 13.0 Å². The average Bonchev–Trinajstić information content (AvgIpc) is 2.33. The van der Waals surface area contributed by atoms with Crippen molar-refractivity contribution in [2.24, 2.45) is 18.5 Å². The van der Waals surface area contributed by atoms with E-state index in [0.29, 0.717) is 13.1 Å². The Bertz CT molecular complexity index is 227. The lowest BCUT2D eigenvalue weighted by Gasteiger charge is -1.98. The molecule has 1 heterocycles. The van der Waals surface area contributed by atoms with E-state index in [0.717, 1.165) is 6.42 Å². The summed E-state index contributed by atoms with van der Waals surface area (Å²) >= 11 is 0. The summed E-state index contributed by atoms with van der Waals surface area (Å²) in [5.41, 5.74) is 13.4. The second-order valence-electron chi connectivity index (χ2n) is 2.69. The molecule has 4 N–H and O–H groups in total. The fourth-order valence-corrected chi connectivity index (χ4v) is 1.19. The van der Waals surface area contributed by atoms with Crippen LogP contribution < -0.4 is 11.5 Å². The molecular formula is C8H15N3. The van der Waals surface area contributed by atoms with Gasteiger partial charge in [0.15, 0.2) is 0 Å². The third-order valence-corrected chi connectivity index (χ3v) is 1.80. The van der Waals surface area contributed by atoms with Crippen LogP contribution in [0.15, 0.2) is 12.3 Å². The molecule has 0 saturated heterocycles. The minimum Gasteiger partial charge on any atom is -0.354 e. The SMILES string of the molecule is Cn1cc(CN)cc1CCN. The van der Waals surface area contributed by atoms with E-state index in [1.54, 1.807) is 0 Å². The van der Waals surface area contributed by atoms with Crippen LogP contribution in [-0.2, 0) is 20.0 Å². The lowest BCUT2D eigenvalue weighted by molar-refractivity contribution is 0.805. The molecule has 0 aliphatic carbocycles. The molecular weight excluding hydrogens is 138 g/mol. The van der Waals surface area contributed by atoms with Gasteiger partial charge in [0, 0.05) is 25.5 Å². The van der Waals surface area contributed by atoms with Gasteiger partial charge in [0.2, 0.25) is 0 Å². The van der Waals surface area contributed by atoms with Crippen LogP contribution in [0.2, 0.25) is 0 Å². The monoisotopic (exact) mass is 153 g/mol. The molecule has 0 atom stereocenters. The summed E-state index contributed by atoms with van der Waals surface area (Å²) in [6.45, 7) is 1.31. The van der Waals surface area contributed by atoms with E-state index in [-0.39, 0.29) is 0 Å². The third kappa shape index (κ3) is 1.82. The smallest absolute Gasteiger partial charge is 0.0193 e. The molecule has 3 heteroatoms. The van der Waals surface area contributed by atoms with Gasteiger partial charge in [-0.3, -0.25) is 0 Å². The molecule has 0 bridgehead atoms. The zero-order valence-corrected chi connectivity index (χ0v) is 6.88. The molecule has 11 heavy (non-hydrogen) atoms. The fourth-order valence-electron chi connectivity index (χ4n) is 1.19. The molecule has 0 unspecified atom stereocenters. The van der Waals surface area contributed by atoms with Crippen molar-refractivity contribution in [1.82, 2.24) is 4.57 Å². The highest BCUT2D eigenvalue weighted by atomic mass is 14.9. The summed E-state index contributed by atoms with van der Waals surface area (Å²) in [5.74, 6) is 0. The van der Waals surface area contributed by atoms with Crippen LogP contribution in [0.4, 0.5) is 0 Å². The van der Waals surface area contributed by atoms with E-state index >= 15 is 0 Å². The number of hydrogen-bond acceptors (Lipinski definition) is 2. The van der Waals surface area contributed by atoms with Crippen molar-refractivity contribution >= 4 is 0 Å². The highest BCUT2D eigenvalue weighted by molar-refractivity contribution is 5.18. The Hall–Kier alpha value is -0.800. The molecule has 62 valence electrons. The van der Waals surface area contributed by atoms with Crippen molar-refractivity contribution < 1.29 is 0 Å². The number of aromatic nitrogens is 1. The predicted octanol–water partition coefficient (Wildman–Crippen LogP) is -0.0150. The van der Waals surface area contributed by atoms with E-state index in [1.165, 1.54) is 11.3 Å². The summed E-state index contributed by atoms with van der Waals surface area (Å²) in [6, 6.07) is 2.10. The lowest BCUT2D eigenvalue weighted by Crippen LogP contribution is -2.05. The number of nitrogens with two attached hydrogens (primary N) is 2. The quantitative estimate of drug-likeness (QED) is 0.641. The van der Waals surface area contributed by atoms with Gasteiger partial charge < -0.3 is 16.0 Å². The highest BCUT2D eigenvalue weighted by Crippen LogP contribution is 2.06. The first kappa shape index (κ1) is 8.30. The Morgan fingerprint density at radius 3 is 2.64 bits per heavy atom. The van der Waals surface area contributed by atoms with Gasteiger partial charge in [0.25, 0.3) is 0 Å². The maximum Gasteiger partial charge on any atom is 0.0193 e. The standard InChI is InChI=1S/C8H15N3/c1-11-6-7(5-10)4-8(11)2-3-9/h4,6H,2-3,5,9-10H2,1H3. The molecule has 0 aliphatic heterocycles. The minimum absolute atomic E-state index is 0.610. The fraction of sp³-hybridized carbons (Fsp3) is 0.500. The maximum absolute atomic E-state index is 5.48. The average molecular weight is 153 g/mol. The first-order chi connectivity index (χ1) is 5.27. The summed E-state index contributed by atoms with van der Waals surface area (Å²) in [6.07, 6.45) is 2.97. The normalized spacial score (nSPS) is 10.5. The van der Waals surface area contributed by atoms with Crippen molar-refractivity contribution in [3.63, 3.8) is 0 Å². The van der Waals surface area contributed by atoms with Crippen LogP contribution in [0.5, 0.6) is 0 Å². The second-order valence-corrected chi connectivity index (χ2v) is 2.69. The van der Waals surface area contributed by atoms with Gasteiger partial charge >= 0.3 is 0 Å². The van der Waals surface area contributed by atoms with Gasteiger partial charge in [0.1, 0.15) is 0 Å². The number of nitrogens with zero attached hydrogens (tertiary/aromatic N) is 1. The zero-order valence-electron chi connectivity index (χ0n) is 6.88. The van der Waals surface area contributed by atoms with Crippen LogP contribution in [0, 0.1) is 0 Å². The Morgan fingerprint density at radius 1 is 1.45 bits per heavy atom. The predicted molar refractivity (Wildman–Crippen MR) is 46.1 cm³/mol. The number of rotatable bonds is 3. The van der Waals surface area contributed by atoms with E-state index in [1.807, 2.05) is 13.2 Å². The largest absolute Gasteiger partial charge is 0.354 e. The number of hydrogen-bond donors (Lipinski definition) is 2. The van der Waals surface area contributed by atoms with Gasteiger partial charge in [-0.1, -0.05) is 0 Å². The zero-order chi connectivity index (χ0) is 8.27. The molecule has 0 spiro atoms. The third-order valence-electron chi connectivity index (χ3n) is 1.80. The van der Waals surface area contributed by atoms with Crippen LogP contribution >= 0.6 is 0 Å². The molecule has 0 aromatic carbocycles. The van der Waals surface area contributed by atoms with Gasteiger partial charge in [-0.2, -0.15) is 0 Å². The molecule has 3 nitrogen and oxygen atoms in total. The van der Waals surface area contributed by atoms with Gasteiger partial charge in [0.05, 0.1) is 0 Å². The van der Waals surface area contributed by atoms with Gasteiger partial charge in [-0.15, -0.1) is 0 Å². The summed E-state index contributed by atoms with van der Waals surface area (Å²) < 4.78 is 2.08. The van der Waals surface area contributed by atoms with Crippen molar-refractivity contribution in [2.75, 3.05) is 6.54 Å². The summed E-state index contributed by atoms with van der Waals surface area (Å²) in [4.78, 5) is 0. The Morgan fingerprint density at radius 2 is 2.18 bits per heavy atom. The van der Waals surface area contributed by atoms with E-state index in [9.17, 15) is 0 Å². The second kappa shape index (κ2) is 3.55. The van der Waals surface area contributed by atoms with Gasteiger partial charge in [-0.05, 0) is 24.6 Å². The highest BCUT2D eigenvalue weighted by Gasteiger charge is 1.99. The Labute approximate surface area is 67.0 Å². The van der Waals surface area contributed by atoms with Gasteiger partial charge in [-0.25, -0.2) is 0 Å². The van der Waals surface area contributed by atoms with Crippen LogP contribution in [-0.4, -0.2) is 11.1 Å². The molecule has 0 amide bonds. The van der Waals surface area contributed by atoms with Crippen LogP contribution in [0.3, 0.4) is 0 Å².